The first-order valence-corrected chi connectivity index (χ1v) is 10.7. The van der Waals surface area contributed by atoms with Gasteiger partial charge in [0.05, 0.1) is 0 Å². The maximum Gasteiger partial charge on any atom is 0.308 e. The van der Waals surface area contributed by atoms with E-state index in [-0.39, 0.29) is 22.2 Å². The van der Waals surface area contributed by atoms with Crippen molar-refractivity contribution in [1.29, 1.82) is 0 Å². The third-order valence-electron chi connectivity index (χ3n) is 4.04. The van der Waals surface area contributed by atoms with Crippen LogP contribution in [0.1, 0.15) is 25.0 Å². The second kappa shape index (κ2) is 9.92. The SMILES string of the molecule is CC(=O)Oc1ccc(Br)cc1/C=c1/[nH]c(=O)/c(=C\c2cc(Br)ccc2OC(C)=O)[nH]c1=O. The van der Waals surface area contributed by atoms with Crippen molar-refractivity contribution >= 4 is 56.0 Å². The van der Waals surface area contributed by atoms with Gasteiger partial charge in [0.2, 0.25) is 0 Å². The summed E-state index contributed by atoms with van der Waals surface area (Å²) in [6.45, 7) is 2.52. The van der Waals surface area contributed by atoms with Gasteiger partial charge in [-0.05, 0) is 48.6 Å². The number of H-pyrrole nitrogens is 2. The Bertz CT molecular complexity index is 1350. The standard InChI is InChI=1S/C22H16Br2N2O6/c1-11(27)31-19-5-3-15(23)7-13(19)9-17-21(29)26-18(22(30)25-17)10-14-8-16(24)4-6-20(14)32-12(2)28/h3-10H,1-2H3,(H,25,30)(H,26,29)/b17-9+,18-10+. The van der Waals surface area contributed by atoms with Crippen LogP contribution in [-0.4, -0.2) is 21.9 Å². The van der Waals surface area contributed by atoms with E-state index < -0.39 is 23.1 Å². The molecule has 0 aliphatic heterocycles. The molecule has 0 amide bonds. The molecule has 0 spiro atoms. The molecule has 0 fully saturated rings. The molecule has 2 N–H and O–H groups in total. The molecule has 1 heterocycles. The monoisotopic (exact) mass is 562 g/mol. The minimum Gasteiger partial charge on any atom is -0.426 e. The highest BCUT2D eigenvalue weighted by Gasteiger charge is 2.08. The van der Waals surface area contributed by atoms with Crippen molar-refractivity contribution in [2.45, 2.75) is 13.8 Å². The molecule has 0 bridgehead atoms. The normalized spacial score (nSPS) is 12.0. The van der Waals surface area contributed by atoms with Gasteiger partial charge < -0.3 is 19.4 Å². The number of rotatable bonds is 4. The van der Waals surface area contributed by atoms with Gasteiger partial charge in [-0.1, -0.05) is 31.9 Å². The molecule has 8 nitrogen and oxygen atoms in total. The van der Waals surface area contributed by atoms with Crippen LogP contribution in [0.15, 0.2) is 54.9 Å². The van der Waals surface area contributed by atoms with Crippen LogP contribution < -0.4 is 31.3 Å². The summed E-state index contributed by atoms with van der Waals surface area (Å²) in [5.74, 6) is -0.577. The van der Waals surface area contributed by atoms with E-state index in [1.807, 2.05) is 0 Å². The Kier molecular flexibility index (Phi) is 7.26. The molecule has 0 atom stereocenters. The number of aromatic nitrogens is 2. The number of halogens is 2. The average Bonchev–Trinajstić information content (AvgIpc) is 2.69. The molecule has 1 aromatic heterocycles. The maximum absolute atomic E-state index is 12.6. The van der Waals surface area contributed by atoms with Crippen LogP contribution in [0.5, 0.6) is 11.5 Å². The molecule has 0 aliphatic carbocycles. The molecule has 3 aromatic rings. The van der Waals surface area contributed by atoms with Crippen LogP contribution in [0.3, 0.4) is 0 Å². The van der Waals surface area contributed by atoms with Crippen LogP contribution in [0.2, 0.25) is 0 Å². The van der Waals surface area contributed by atoms with Crippen molar-refractivity contribution in [3.63, 3.8) is 0 Å². The van der Waals surface area contributed by atoms with Crippen molar-refractivity contribution in [1.82, 2.24) is 9.97 Å². The predicted molar refractivity (Wildman–Crippen MR) is 125 cm³/mol. The van der Waals surface area contributed by atoms with Crippen molar-refractivity contribution in [2.24, 2.45) is 0 Å². The number of hydrogen-bond donors (Lipinski definition) is 2. The lowest BCUT2D eigenvalue weighted by Gasteiger charge is -2.06. The lowest BCUT2D eigenvalue weighted by Crippen LogP contribution is -2.46. The fourth-order valence-electron chi connectivity index (χ4n) is 2.77. The topological polar surface area (TPSA) is 118 Å². The van der Waals surface area contributed by atoms with Gasteiger partial charge >= 0.3 is 11.9 Å². The smallest absolute Gasteiger partial charge is 0.308 e. The second-order valence-corrected chi connectivity index (χ2v) is 8.41. The molecular weight excluding hydrogens is 548 g/mol. The first-order chi connectivity index (χ1) is 15.1. The van der Waals surface area contributed by atoms with Crippen molar-refractivity contribution in [2.75, 3.05) is 0 Å². The maximum atomic E-state index is 12.6. The van der Waals surface area contributed by atoms with E-state index in [9.17, 15) is 19.2 Å². The number of aromatic amines is 2. The summed E-state index contributed by atoms with van der Waals surface area (Å²) in [7, 11) is 0. The Morgan fingerprint density at radius 2 is 1.12 bits per heavy atom. The van der Waals surface area contributed by atoms with Crippen molar-refractivity contribution in [3.8, 4) is 11.5 Å². The Balaban J connectivity index is 2.16. The molecule has 0 aliphatic rings. The quantitative estimate of drug-likeness (QED) is 0.371. The second-order valence-electron chi connectivity index (χ2n) is 6.58. The van der Waals surface area contributed by atoms with E-state index in [1.165, 1.54) is 26.0 Å². The molecular formula is C22H16Br2N2O6. The molecule has 10 heteroatoms. The summed E-state index contributed by atoms with van der Waals surface area (Å²) in [4.78, 5) is 53.0. The molecule has 0 saturated carbocycles. The largest absolute Gasteiger partial charge is 0.426 e. The minimum atomic E-state index is -0.575. The van der Waals surface area contributed by atoms with Gasteiger partial charge in [-0.3, -0.25) is 19.2 Å². The molecule has 2 aromatic carbocycles. The number of hydrogen-bond acceptors (Lipinski definition) is 6. The molecule has 3 rings (SSSR count). The van der Waals surface area contributed by atoms with E-state index in [0.717, 1.165) is 0 Å². The summed E-state index contributed by atoms with van der Waals surface area (Å²) in [6, 6.07) is 9.77. The average molecular weight is 564 g/mol. The lowest BCUT2D eigenvalue weighted by molar-refractivity contribution is -0.132. The highest BCUT2D eigenvalue weighted by atomic mass is 79.9. The van der Waals surface area contributed by atoms with Crippen LogP contribution in [0.25, 0.3) is 12.2 Å². The van der Waals surface area contributed by atoms with Crippen LogP contribution >= 0.6 is 31.9 Å². The Morgan fingerprint density at radius 1 is 0.750 bits per heavy atom. The van der Waals surface area contributed by atoms with E-state index in [2.05, 4.69) is 41.8 Å². The number of esters is 2. The van der Waals surface area contributed by atoms with Crippen LogP contribution in [-0.2, 0) is 9.59 Å². The Morgan fingerprint density at radius 3 is 1.47 bits per heavy atom. The number of carbonyl (C=O) groups excluding carboxylic acids is 2. The third kappa shape index (κ3) is 5.92. The fourth-order valence-corrected chi connectivity index (χ4v) is 3.52. The van der Waals surface area contributed by atoms with E-state index >= 15 is 0 Å². The predicted octanol–water partition coefficient (Wildman–Crippen LogP) is 2.10. The van der Waals surface area contributed by atoms with Crippen molar-refractivity contribution in [3.05, 3.63) is 87.9 Å². The summed E-state index contributed by atoms with van der Waals surface area (Å²) in [5.41, 5.74) is -0.324. The van der Waals surface area contributed by atoms with E-state index in [1.54, 1.807) is 36.4 Å². The Labute approximate surface area is 197 Å². The van der Waals surface area contributed by atoms with Gasteiger partial charge in [0, 0.05) is 33.9 Å². The number of nitrogens with one attached hydrogen (secondary N) is 2. The Hall–Kier alpha value is -3.24. The zero-order valence-electron chi connectivity index (χ0n) is 16.8. The molecule has 0 radical (unpaired) electrons. The highest BCUT2D eigenvalue weighted by Crippen LogP contribution is 2.24. The summed E-state index contributed by atoms with van der Waals surface area (Å²) in [5, 5.41) is -0.0683. The summed E-state index contributed by atoms with van der Waals surface area (Å²) in [6.07, 6.45) is 2.80. The highest BCUT2D eigenvalue weighted by molar-refractivity contribution is 9.10. The first-order valence-electron chi connectivity index (χ1n) is 9.14. The third-order valence-corrected chi connectivity index (χ3v) is 5.02. The summed E-state index contributed by atoms with van der Waals surface area (Å²) >= 11 is 6.65. The van der Waals surface area contributed by atoms with Crippen LogP contribution in [0.4, 0.5) is 0 Å². The number of carbonyl (C=O) groups is 2. The van der Waals surface area contributed by atoms with Gasteiger partial charge in [0.25, 0.3) is 11.1 Å². The molecule has 164 valence electrons. The van der Waals surface area contributed by atoms with E-state index in [4.69, 9.17) is 9.47 Å². The number of ether oxygens (including phenoxy) is 2. The van der Waals surface area contributed by atoms with Crippen LogP contribution in [0, 0.1) is 0 Å². The molecule has 0 saturated heterocycles. The van der Waals surface area contributed by atoms with Gasteiger partial charge in [0.1, 0.15) is 22.2 Å². The van der Waals surface area contributed by atoms with Gasteiger partial charge in [-0.2, -0.15) is 0 Å². The lowest BCUT2D eigenvalue weighted by atomic mass is 10.2. The number of benzene rings is 2. The fraction of sp³-hybridized carbons (Fsp3) is 0.0909. The van der Waals surface area contributed by atoms with Crippen molar-refractivity contribution < 1.29 is 19.1 Å². The van der Waals surface area contributed by atoms with Gasteiger partial charge in [0.15, 0.2) is 0 Å². The van der Waals surface area contributed by atoms with Gasteiger partial charge in [-0.25, -0.2) is 0 Å². The zero-order valence-corrected chi connectivity index (χ0v) is 20.0. The zero-order chi connectivity index (χ0) is 23.4. The first kappa shape index (κ1) is 23.4. The van der Waals surface area contributed by atoms with E-state index in [0.29, 0.717) is 20.1 Å². The molecule has 32 heavy (non-hydrogen) atoms. The molecule has 0 unspecified atom stereocenters. The minimum absolute atomic E-state index is 0.0342. The van der Waals surface area contributed by atoms with Gasteiger partial charge in [-0.15, -0.1) is 0 Å². The summed E-state index contributed by atoms with van der Waals surface area (Å²) < 4.78 is 11.7.